The Balaban J connectivity index is 2.40. The first-order valence-corrected chi connectivity index (χ1v) is 4.93. The second-order valence-corrected chi connectivity index (χ2v) is 3.45. The lowest BCUT2D eigenvalue weighted by molar-refractivity contribution is -0.113. The Hall–Kier alpha value is -2.43. The standard InChI is InChI=1S/C12H10FN3O/c13-10-3-1-2-8(6-10)12-9(7-15-16-12)4-5-11(14)17/h1-7H,(H2,14,17)(H,15,16). The molecule has 0 spiro atoms. The molecular weight excluding hydrogens is 221 g/mol. The first-order valence-electron chi connectivity index (χ1n) is 4.93. The third-order valence-corrected chi connectivity index (χ3v) is 2.21. The van der Waals surface area contributed by atoms with Crippen molar-refractivity contribution in [1.82, 2.24) is 10.2 Å². The van der Waals surface area contributed by atoms with Gasteiger partial charge in [0.25, 0.3) is 0 Å². The molecule has 1 aromatic heterocycles. The number of amides is 1. The highest BCUT2D eigenvalue weighted by Gasteiger charge is 2.06. The van der Waals surface area contributed by atoms with Crippen LogP contribution in [-0.4, -0.2) is 16.1 Å². The van der Waals surface area contributed by atoms with Crippen LogP contribution in [0.4, 0.5) is 4.39 Å². The lowest BCUT2D eigenvalue weighted by atomic mass is 10.1. The minimum Gasteiger partial charge on any atom is -0.366 e. The molecule has 1 amide bonds. The number of H-pyrrole nitrogens is 1. The van der Waals surface area contributed by atoms with Crippen molar-refractivity contribution in [2.45, 2.75) is 0 Å². The van der Waals surface area contributed by atoms with E-state index in [-0.39, 0.29) is 5.82 Å². The summed E-state index contributed by atoms with van der Waals surface area (Å²) in [5, 5.41) is 6.61. The molecule has 0 aliphatic carbocycles. The van der Waals surface area contributed by atoms with Crippen molar-refractivity contribution in [3.8, 4) is 11.3 Å². The Morgan fingerprint density at radius 1 is 1.47 bits per heavy atom. The summed E-state index contributed by atoms with van der Waals surface area (Å²) in [4.78, 5) is 10.6. The molecule has 2 rings (SSSR count). The highest BCUT2D eigenvalue weighted by atomic mass is 19.1. The molecule has 3 N–H and O–H groups in total. The fourth-order valence-electron chi connectivity index (χ4n) is 1.47. The van der Waals surface area contributed by atoms with Crippen LogP contribution in [0.1, 0.15) is 5.56 Å². The Morgan fingerprint density at radius 3 is 3.00 bits per heavy atom. The molecule has 0 aliphatic rings. The summed E-state index contributed by atoms with van der Waals surface area (Å²) in [6, 6.07) is 6.10. The number of benzene rings is 1. The van der Waals surface area contributed by atoms with Gasteiger partial charge in [0.05, 0.1) is 11.9 Å². The number of hydrogen-bond acceptors (Lipinski definition) is 2. The molecule has 4 nitrogen and oxygen atoms in total. The Bertz CT molecular complexity index is 575. The van der Waals surface area contributed by atoms with Gasteiger partial charge in [0, 0.05) is 17.2 Å². The average Bonchev–Trinajstić information content (AvgIpc) is 2.74. The van der Waals surface area contributed by atoms with E-state index in [2.05, 4.69) is 10.2 Å². The van der Waals surface area contributed by atoms with Crippen molar-refractivity contribution in [1.29, 1.82) is 0 Å². The Kier molecular flexibility index (Phi) is 3.00. The van der Waals surface area contributed by atoms with Crippen molar-refractivity contribution in [3.63, 3.8) is 0 Å². The summed E-state index contributed by atoms with van der Waals surface area (Å²) in [7, 11) is 0. The van der Waals surface area contributed by atoms with E-state index in [9.17, 15) is 9.18 Å². The molecule has 1 aromatic carbocycles. The molecule has 86 valence electrons. The predicted molar refractivity (Wildman–Crippen MR) is 62.2 cm³/mol. The summed E-state index contributed by atoms with van der Waals surface area (Å²) < 4.78 is 13.1. The highest BCUT2D eigenvalue weighted by Crippen LogP contribution is 2.22. The summed E-state index contributed by atoms with van der Waals surface area (Å²) >= 11 is 0. The van der Waals surface area contributed by atoms with Crippen LogP contribution in [0.25, 0.3) is 17.3 Å². The molecule has 0 radical (unpaired) electrons. The molecule has 0 saturated carbocycles. The van der Waals surface area contributed by atoms with Gasteiger partial charge in [-0.05, 0) is 18.2 Å². The van der Waals surface area contributed by atoms with E-state index in [1.165, 1.54) is 24.3 Å². The zero-order valence-corrected chi connectivity index (χ0v) is 8.85. The number of primary amides is 1. The molecule has 0 fully saturated rings. The van der Waals surface area contributed by atoms with E-state index in [4.69, 9.17) is 5.73 Å². The van der Waals surface area contributed by atoms with E-state index in [1.54, 1.807) is 18.3 Å². The first kappa shape index (κ1) is 11.1. The van der Waals surface area contributed by atoms with Crippen LogP contribution >= 0.6 is 0 Å². The van der Waals surface area contributed by atoms with Gasteiger partial charge in [-0.1, -0.05) is 12.1 Å². The summed E-state index contributed by atoms with van der Waals surface area (Å²) in [5.74, 6) is -0.877. The molecule has 5 heteroatoms. The quantitative estimate of drug-likeness (QED) is 0.789. The van der Waals surface area contributed by atoms with Crippen LogP contribution in [0.15, 0.2) is 36.5 Å². The van der Waals surface area contributed by atoms with Crippen LogP contribution in [0.5, 0.6) is 0 Å². The van der Waals surface area contributed by atoms with Gasteiger partial charge in [-0.25, -0.2) is 4.39 Å². The van der Waals surface area contributed by atoms with Crippen LogP contribution in [0, 0.1) is 5.82 Å². The van der Waals surface area contributed by atoms with E-state index in [0.29, 0.717) is 16.8 Å². The average molecular weight is 231 g/mol. The van der Waals surface area contributed by atoms with E-state index >= 15 is 0 Å². The zero-order chi connectivity index (χ0) is 12.3. The summed E-state index contributed by atoms with van der Waals surface area (Å²) in [6.07, 6.45) is 4.30. The third-order valence-electron chi connectivity index (χ3n) is 2.21. The molecule has 1 heterocycles. The molecule has 0 unspecified atom stereocenters. The van der Waals surface area contributed by atoms with E-state index < -0.39 is 5.91 Å². The SMILES string of the molecule is NC(=O)C=Cc1cn[nH]c1-c1cccc(F)c1. The lowest BCUT2D eigenvalue weighted by Crippen LogP contribution is -2.05. The van der Waals surface area contributed by atoms with Crippen molar-refractivity contribution >= 4 is 12.0 Å². The number of carbonyl (C=O) groups is 1. The molecule has 2 aromatic rings. The van der Waals surface area contributed by atoms with Gasteiger partial charge in [-0.3, -0.25) is 9.89 Å². The summed E-state index contributed by atoms with van der Waals surface area (Å²) in [6.45, 7) is 0. The van der Waals surface area contributed by atoms with Gasteiger partial charge in [-0.2, -0.15) is 5.10 Å². The number of rotatable bonds is 3. The van der Waals surface area contributed by atoms with Crippen molar-refractivity contribution in [2.75, 3.05) is 0 Å². The number of aromatic nitrogens is 2. The number of aromatic amines is 1. The normalized spacial score (nSPS) is 10.9. The van der Waals surface area contributed by atoms with Gasteiger partial charge in [0.1, 0.15) is 5.82 Å². The van der Waals surface area contributed by atoms with Crippen molar-refractivity contribution < 1.29 is 9.18 Å². The second kappa shape index (κ2) is 4.61. The molecule has 0 atom stereocenters. The van der Waals surface area contributed by atoms with E-state index in [0.717, 1.165) is 0 Å². The Labute approximate surface area is 97.0 Å². The number of halogens is 1. The fourth-order valence-corrected chi connectivity index (χ4v) is 1.47. The monoisotopic (exact) mass is 231 g/mol. The van der Waals surface area contributed by atoms with Gasteiger partial charge >= 0.3 is 0 Å². The van der Waals surface area contributed by atoms with E-state index in [1.807, 2.05) is 0 Å². The Morgan fingerprint density at radius 2 is 2.29 bits per heavy atom. The molecule has 0 aliphatic heterocycles. The number of nitrogens with two attached hydrogens (primary N) is 1. The summed E-state index contributed by atoms with van der Waals surface area (Å²) in [5.41, 5.74) is 6.98. The first-order chi connectivity index (χ1) is 8.16. The minimum atomic E-state index is -0.545. The van der Waals surface area contributed by atoms with Gasteiger partial charge in [0.15, 0.2) is 0 Å². The molecule has 0 bridgehead atoms. The van der Waals surface area contributed by atoms with Crippen molar-refractivity contribution in [2.24, 2.45) is 5.73 Å². The largest absolute Gasteiger partial charge is 0.366 e. The number of hydrogen-bond donors (Lipinski definition) is 2. The molecular formula is C12H10FN3O. The van der Waals surface area contributed by atoms with Crippen LogP contribution in [0.2, 0.25) is 0 Å². The van der Waals surface area contributed by atoms with Gasteiger partial charge in [0.2, 0.25) is 5.91 Å². The maximum absolute atomic E-state index is 13.1. The third kappa shape index (κ3) is 2.57. The van der Waals surface area contributed by atoms with Crippen molar-refractivity contribution in [3.05, 3.63) is 47.9 Å². The second-order valence-electron chi connectivity index (χ2n) is 3.45. The number of carbonyl (C=O) groups excluding carboxylic acids is 1. The number of nitrogens with zero attached hydrogens (tertiary/aromatic N) is 1. The fraction of sp³-hybridized carbons (Fsp3) is 0. The number of nitrogens with one attached hydrogen (secondary N) is 1. The van der Waals surface area contributed by atoms with Crippen LogP contribution in [0.3, 0.4) is 0 Å². The minimum absolute atomic E-state index is 0.332. The topological polar surface area (TPSA) is 71.8 Å². The molecule has 17 heavy (non-hydrogen) atoms. The maximum Gasteiger partial charge on any atom is 0.241 e. The predicted octanol–water partition coefficient (Wildman–Crippen LogP) is 1.71. The lowest BCUT2D eigenvalue weighted by Gasteiger charge is -1.99. The molecule has 0 saturated heterocycles. The van der Waals surface area contributed by atoms with Crippen LogP contribution < -0.4 is 5.73 Å². The zero-order valence-electron chi connectivity index (χ0n) is 8.85. The highest BCUT2D eigenvalue weighted by molar-refractivity contribution is 5.91. The smallest absolute Gasteiger partial charge is 0.241 e. The maximum atomic E-state index is 13.1. The van der Waals surface area contributed by atoms with Crippen LogP contribution in [-0.2, 0) is 4.79 Å². The van der Waals surface area contributed by atoms with Gasteiger partial charge < -0.3 is 5.73 Å². The van der Waals surface area contributed by atoms with Gasteiger partial charge in [-0.15, -0.1) is 0 Å².